The summed E-state index contributed by atoms with van der Waals surface area (Å²) in [5.41, 5.74) is 8.68. The molecule has 63 heavy (non-hydrogen) atoms. The Morgan fingerprint density at radius 1 is 0.683 bits per heavy atom. The van der Waals surface area contributed by atoms with Crippen LogP contribution in [-0.2, 0) is 52.8 Å². The van der Waals surface area contributed by atoms with Crippen molar-refractivity contribution in [1.82, 2.24) is 36.5 Å². The van der Waals surface area contributed by atoms with E-state index in [4.69, 9.17) is 15.6 Å². The molecule has 1 aliphatic rings. The van der Waals surface area contributed by atoms with Gasteiger partial charge in [0.15, 0.2) is 0 Å². The second kappa shape index (κ2) is 23.5. The quantitative estimate of drug-likeness (QED) is 0.0991. The number of likely N-dealkylation sites (N-methyl/N-ethyl adjacent to an activating group) is 1. The number of carboxylic acid groups (broad SMARTS) is 1. The first-order valence-electron chi connectivity index (χ1n) is 21.0. The van der Waals surface area contributed by atoms with Crippen LogP contribution in [-0.4, -0.2) is 111 Å². The number of amides is 6. The number of unbranched alkanes of at least 4 members (excludes halogenated alkanes) is 1. The van der Waals surface area contributed by atoms with Crippen molar-refractivity contribution in [1.29, 1.82) is 0 Å². The van der Waals surface area contributed by atoms with Gasteiger partial charge in [-0.05, 0) is 73.5 Å². The number of hydrogen-bond acceptors (Lipinski definition) is 9. The smallest absolute Gasteiger partial charge is 0.300 e. The summed E-state index contributed by atoms with van der Waals surface area (Å²) in [6.07, 6.45) is 3.06. The summed E-state index contributed by atoms with van der Waals surface area (Å²) in [6, 6.07) is 15.8. The van der Waals surface area contributed by atoms with Gasteiger partial charge in [0.25, 0.3) is 5.97 Å². The largest absolute Gasteiger partial charge is 0.508 e. The predicted octanol–water partition coefficient (Wildman–Crippen LogP) is 2.06. The molecule has 338 valence electrons. The third-order valence-electron chi connectivity index (χ3n) is 10.8. The van der Waals surface area contributed by atoms with Gasteiger partial charge in [-0.1, -0.05) is 74.5 Å². The molecule has 17 nitrogen and oxygen atoms in total. The Balaban J connectivity index is 0.00000209. The van der Waals surface area contributed by atoms with Gasteiger partial charge in [0.1, 0.15) is 42.0 Å². The number of carbonyl (C=O) groups excluding carboxylic acids is 6. The minimum Gasteiger partial charge on any atom is -0.508 e. The van der Waals surface area contributed by atoms with E-state index < -0.39 is 83.6 Å². The van der Waals surface area contributed by atoms with Crippen LogP contribution in [0.5, 0.6) is 5.75 Å². The van der Waals surface area contributed by atoms with Crippen molar-refractivity contribution in [3.8, 4) is 5.75 Å². The number of nitrogens with one attached hydrogen (secondary N) is 6. The highest BCUT2D eigenvalue weighted by atomic mass is 16.4. The number of phenols is 1. The zero-order chi connectivity index (χ0) is 46.2. The molecule has 1 aliphatic heterocycles. The number of aromatic nitrogens is 1. The average Bonchev–Trinajstić information content (AvgIpc) is 3.66. The first-order chi connectivity index (χ1) is 30.0. The second-order valence-corrected chi connectivity index (χ2v) is 16.0. The number of benzene rings is 3. The number of rotatable bonds is 11. The van der Waals surface area contributed by atoms with E-state index in [0.29, 0.717) is 24.9 Å². The molecule has 0 unspecified atom stereocenters. The number of fused-ring (bicyclic) bond motifs is 1. The fourth-order valence-corrected chi connectivity index (χ4v) is 7.12. The maximum absolute atomic E-state index is 14.4. The molecule has 2 heterocycles. The van der Waals surface area contributed by atoms with Crippen molar-refractivity contribution in [3.63, 3.8) is 0 Å². The molecule has 0 radical (unpaired) electrons. The van der Waals surface area contributed by atoms with Gasteiger partial charge in [-0.2, -0.15) is 0 Å². The summed E-state index contributed by atoms with van der Waals surface area (Å²) < 4.78 is 0. The summed E-state index contributed by atoms with van der Waals surface area (Å²) in [6.45, 7) is 6.47. The molecule has 5 rings (SSSR count). The molecule has 1 saturated heterocycles. The zero-order valence-electron chi connectivity index (χ0n) is 36.4. The molecule has 0 bridgehead atoms. The molecule has 4 aromatic rings. The highest BCUT2D eigenvalue weighted by Crippen LogP contribution is 2.20. The molecule has 3 aromatic carbocycles. The van der Waals surface area contributed by atoms with Crippen LogP contribution in [0.3, 0.4) is 0 Å². The second-order valence-electron chi connectivity index (χ2n) is 16.0. The lowest BCUT2D eigenvalue weighted by Crippen LogP contribution is -2.62. The van der Waals surface area contributed by atoms with Crippen molar-refractivity contribution >= 4 is 52.3 Å². The maximum Gasteiger partial charge on any atom is 0.300 e. The molecule has 6 amide bonds. The number of aromatic hydroxyl groups is 1. The minimum absolute atomic E-state index is 0.0121. The van der Waals surface area contributed by atoms with Gasteiger partial charge in [0.05, 0.1) is 0 Å². The highest BCUT2D eigenvalue weighted by Gasteiger charge is 2.37. The molecule has 10 N–H and O–H groups in total. The van der Waals surface area contributed by atoms with E-state index in [9.17, 15) is 33.9 Å². The molecule has 1 aromatic heterocycles. The van der Waals surface area contributed by atoms with Crippen LogP contribution < -0.4 is 32.3 Å². The maximum atomic E-state index is 14.4. The normalized spacial score (nSPS) is 21.8. The van der Waals surface area contributed by atoms with Crippen molar-refractivity contribution in [2.75, 3.05) is 13.6 Å². The number of carbonyl (C=O) groups is 7. The summed E-state index contributed by atoms with van der Waals surface area (Å²) in [5, 5.41) is 32.4. The molecular formula is C46H60N8O9. The van der Waals surface area contributed by atoms with E-state index >= 15 is 0 Å². The van der Waals surface area contributed by atoms with Crippen molar-refractivity contribution < 1.29 is 43.8 Å². The van der Waals surface area contributed by atoms with Gasteiger partial charge in [-0.25, -0.2) is 0 Å². The lowest BCUT2D eigenvalue weighted by molar-refractivity contribution is -0.143. The van der Waals surface area contributed by atoms with Crippen LogP contribution in [0.25, 0.3) is 10.9 Å². The number of para-hydroxylation sites is 1. The van der Waals surface area contributed by atoms with Crippen LogP contribution in [0, 0.1) is 5.92 Å². The number of hydrogen-bond donors (Lipinski definition) is 9. The molecule has 0 saturated carbocycles. The Morgan fingerprint density at radius 2 is 1.21 bits per heavy atom. The number of aromatic amines is 1. The first-order valence-corrected chi connectivity index (χ1v) is 21.0. The van der Waals surface area contributed by atoms with E-state index in [0.717, 1.165) is 29.0 Å². The van der Waals surface area contributed by atoms with Gasteiger partial charge in [-0.15, -0.1) is 0 Å². The fraction of sp³-hybridized carbons (Fsp3) is 0.413. The number of aliphatic carboxylic acids is 1. The number of carboxylic acids is 1. The lowest BCUT2D eigenvalue weighted by atomic mass is 9.98. The summed E-state index contributed by atoms with van der Waals surface area (Å²) >= 11 is 0. The Labute approximate surface area is 366 Å². The van der Waals surface area contributed by atoms with Crippen LogP contribution >= 0.6 is 0 Å². The monoisotopic (exact) mass is 868 g/mol. The zero-order valence-corrected chi connectivity index (χ0v) is 36.4. The van der Waals surface area contributed by atoms with Gasteiger partial charge < -0.3 is 52.4 Å². The van der Waals surface area contributed by atoms with Crippen LogP contribution in [0.1, 0.15) is 63.6 Å². The van der Waals surface area contributed by atoms with E-state index in [-0.39, 0.29) is 31.4 Å². The Kier molecular flexibility index (Phi) is 18.2. The Bertz CT molecular complexity index is 2190. The third-order valence-corrected chi connectivity index (χ3v) is 10.8. The number of phenolic OH excluding ortho intramolecular Hbond substituents is 1. The standard InChI is InChI=1S/C44H56N8O7.C2H4O2/c1-26(2)38-43(58)50-37(23-28-12-6-5-7-13-28)44(59)52(4)27(3)39(54)48-35(22-29-17-19-31(53)20-18-29)41(56)49-36(24-30-25-46-33-15-9-8-14-32(30)33)42(57)47-34(40(55)51-38)16-10-11-21-45;1-2(3)4/h5-9,12-15,17-20,25-27,34-38,46,53H,10-11,16,21-24,45H2,1-4H3,(H,47,57)(H,48,54)(H,49,56)(H,50,58)(H,51,55);1H3,(H,3,4)/t27-,34+,35-,36+,37-,38-;/m0./s1. The molecule has 1 fully saturated rings. The number of H-pyrrole nitrogens is 1. The average molecular weight is 869 g/mol. The van der Waals surface area contributed by atoms with E-state index in [1.807, 2.05) is 54.6 Å². The van der Waals surface area contributed by atoms with Crippen molar-refractivity contribution in [2.24, 2.45) is 11.7 Å². The predicted molar refractivity (Wildman–Crippen MR) is 237 cm³/mol. The van der Waals surface area contributed by atoms with Crippen LogP contribution in [0.2, 0.25) is 0 Å². The minimum atomic E-state index is -1.24. The van der Waals surface area contributed by atoms with Crippen LogP contribution in [0.4, 0.5) is 0 Å². The summed E-state index contributed by atoms with van der Waals surface area (Å²) in [7, 11) is 1.44. The van der Waals surface area contributed by atoms with E-state index in [2.05, 4.69) is 31.6 Å². The molecule has 0 aliphatic carbocycles. The lowest BCUT2D eigenvalue weighted by Gasteiger charge is -2.32. The van der Waals surface area contributed by atoms with Gasteiger partial charge in [-0.3, -0.25) is 33.6 Å². The topological polar surface area (TPSA) is 265 Å². The third kappa shape index (κ3) is 14.4. The summed E-state index contributed by atoms with van der Waals surface area (Å²) in [5.74, 6) is -5.04. The van der Waals surface area contributed by atoms with E-state index in [1.54, 1.807) is 32.2 Å². The highest BCUT2D eigenvalue weighted by molar-refractivity contribution is 5.98. The first kappa shape index (κ1) is 48.9. The number of nitrogens with two attached hydrogens (primary N) is 1. The number of nitrogens with zero attached hydrogens (tertiary/aromatic N) is 1. The van der Waals surface area contributed by atoms with E-state index in [1.165, 1.54) is 31.0 Å². The van der Waals surface area contributed by atoms with Crippen molar-refractivity contribution in [2.45, 2.75) is 102 Å². The summed E-state index contributed by atoms with van der Waals surface area (Å²) in [4.78, 5) is 98.8. The van der Waals surface area contributed by atoms with Crippen molar-refractivity contribution in [3.05, 3.63) is 102 Å². The SMILES string of the molecule is CC(=O)O.CC(C)[C@@H]1NC(=O)[C@@H](CCCCN)NC(=O)[C@@H](Cc2c[nH]c3ccccc23)NC(=O)[C@H](Cc2ccc(O)cc2)NC(=O)[C@H](C)N(C)C(=O)[C@H](Cc2ccccc2)NC1=O. The molecule has 17 heteroatoms. The Hall–Kier alpha value is -6.75. The van der Waals surface area contributed by atoms with Gasteiger partial charge in [0.2, 0.25) is 35.4 Å². The molecule has 0 spiro atoms. The molecular weight excluding hydrogens is 809 g/mol. The van der Waals surface area contributed by atoms with Gasteiger partial charge in [0, 0.05) is 50.3 Å². The van der Waals surface area contributed by atoms with Crippen LogP contribution in [0.15, 0.2) is 85.1 Å². The molecule has 6 atom stereocenters. The van der Waals surface area contributed by atoms with Gasteiger partial charge >= 0.3 is 0 Å². The fourth-order valence-electron chi connectivity index (χ4n) is 7.12. The Morgan fingerprint density at radius 3 is 1.84 bits per heavy atom.